The van der Waals surface area contributed by atoms with Gasteiger partial charge in [-0.05, 0) is 43.2 Å². The highest BCUT2D eigenvalue weighted by atomic mass is 35.5. The number of thiocarbonyl (C=S) groups is 1. The number of halogens is 2. The van der Waals surface area contributed by atoms with E-state index in [0.717, 1.165) is 11.1 Å². The number of aryl methyl sites for hydroxylation is 1. The first-order valence-electron chi connectivity index (χ1n) is 9.61. The van der Waals surface area contributed by atoms with Crippen molar-refractivity contribution in [3.63, 3.8) is 0 Å². The first kappa shape index (κ1) is 24.3. The van der Waals surface area contributed by atoms with Crippen molar-refractivity contribution in [3.05, 3.63) is 74.1 Å². The van der Waals surface area contributed by atoms with Crippen LogP contribution in [0.1, 0.15) is 34.3 Å². The molecule has 0 aliphatic carbocycles. The fraction of sp³-hybridized carbons (Fsp3) is 0.182. The highest BCUT2D eigenvalue weighted by Gasteiger charge is 2.31. The Morgan fingerprint density at radius 1 is 1.12 bits per heavy atom. The highest BCUT2D eigenvalue weighted by Crippen LogP contribution is 2.32. The minimum atomic E-state index is -0.557. The van der Waals surface area contributed by atoms with Gasteiger partial charge in [-0.25, -0.2) is 0 Å². The van der Waals surface area contributed by atoms with Crippen molar-refractivity contribution in [3.8, 4) is 0 Å². The molecular formula is C22H19Cl2N3O3S2. The second-order valence-corrected chi connectivity index (χ2v) is 9.49. The van der Waals surface area contributed by atoms with Gasteiger partial charge in [0.25, 0.3) is 11.8 Å². The predicted octanol–water partition coefficient (Wildman–Crippen LogP) is 4.74. The maximum Gasteiger partial charge on any atom is 0.271 e. The summed E-state index contributed by atoms with van der Waals surface area (Å²) in [5, 5.41) is 0.581. The number of carbonyl (C=O) groups is 3. The Balaban J connectivity index is 1.46. The Hall–Kier alpha value is -2.39. The zero-order chi connectivity index (χ0) is 23.3. The summed E-state index contributed by atoms with van der Waals surface area (Å²) >= 11 is 18.3. The summed E-state index contributed by atoms with van der Waals surface area (Å²) in [6, 6.07) is 12.3. The van der Waals surface area contributed by atoms with Gasteiger partial charge in [-0.1, -0.05) is 77.0 Å². The van der Waals surface area contributed by atoms with Gasteiger partial charge in [0.05, 0.1) is 15.5 Å². The fourth-order valence-corrected chi connectivity index (χ4v) is 4.64. The van der Waals surface area contributed by atoms with Crippen molar-refractivity contribution in [2.24, 2.45) is 0 Å². The lowest BCUT2D eigenvalue weighted by molar-refractivity contribution is -0.124. The van der Waals surface area contributed by atoms with Gasteiger partial charge in [0, 0.05) is 18.0 Å². The van der Waals surface area contributed by atoms with Crippen LogP contribution in [0.25, 0.3) is 6.08 Å². The average molecular weight is 508 g/mol. The second kappa shape index (κ2) is 11.0. The van der Waals surface area contributed by atoms with Crippen molar-refractivity contribution in [2.45, 2.75) is 19.8 Å². The summed E-state index contributed by atoms with van der Waals surface area (Å²) in [4.78, 5) is 38.9. The maximum absolute atomic E-state index is 12.7. The second-order valence-electron chi connectivity index (χ2n) is 6.97. The Morgan fingerprint density at radius 2 is 1.84 bits per heavy atom. The number of benzene rings is 2. The zero-order valence-corrected chi connectivity index (χ0v) is 20.1. The molecule has 6 nitrogen and oxygen atoms in total. The van der Waals surface area contributed by atoms with Crippen molar-refractivity contribution >= 4 is 75.3 Å². The molecular weight excluding hydrogens is 489 g/mol. The molecule has 1 aliphatic rings. The van der Waals surface area contributed by atoms with Crippen molar-refractivity contribution in [1.82, 2.24) is 15.8 Å². The number of thioether (sulfide) groups is 1. The minimum absolute atomic E-state index is 0.0999. The van der Waals surface area contributed by atoms with Crippen molar-refractivity contribution in [1.29, 1.82) is 0 Å². The number of rotatable bonds is 6. The Bertz CT molecular complexity index is 1100. The molecule has 0 spiro atoms. The lowest BCUT2D eigenvalue weighted by atomic mass is 10.1. The van der Waals surface area contributed by atoms with E-state index in [2.05, 4.69) is 10.9 Å². The summed E-state index contributed by atoms with van der Waals surface area (Å²) in [6.45, 7) is 2.30. The lowest BCUT2D eigenvalue weighted by Gasteiger charge is -2.14. The number of nitrogens with one attached hydrogen (secondary N) is 2. The minimum Gasteiger partial charge on any atom is -0.293 e. The van der Waals surface area contributed by atoms with Crippen LogP contribution in [0.4, 0.5) is 0 Å². The molecule has 0 radical (unpaired) electrons. The Labute approximate surface area is 205 Å². The first-order valence-corrected chi connectivity index (χ1v) is 11.6. The molecule has 3 amide bonds. The van der Waals surface area contributed by atoms with Crippen LogP contribution in [0.15, 0.2) is 47.4 Å². The van der Waals surface area contributed by atoms with E-state index < -0.39 is 11.8 Å². The quantitative estimate of drug-likeness (QED) is 0.335. The average Bonchev–Trinajstić information content (AvgIpc) is 3.01. The number of nitrogens with zero attached hydrogens (tertiary/aromatic N) is 1. The van der Waals surface area contributed by atoms with E-state index in [9.17, 15) is 14.4 Å². The molecule has 1 fully saturated rings. The molecule has 0 atom stereocenters. The summed E-state index contributed by atoms with van der Waals surface area (Å²) in [7, 11) is 0. The van der Waals surface area contributed by atoms with Crippen LogP contribution in [-0.2, 0) is 9.59 Å². The maximum atomic E-state index is 12.7. The predicted molar refractivity (Wildman–Crippen MR) is 132 cm³/mol. The van der Waals surface area contributed by atoms with Crippen LogP contribution in [-0.4, -0.2) is 33.5 Å². The number of hydrogen-bond donors (Lipinski definition) is 2. The van der Waals surface area contributed by atoms with Crippen LogP contribution < -0.4 is 10.9 Å². The summed E-state index contributed by atoms with van der Waals surface area (Å²) in [5.74, 6) is -1.13. The van der Waals surface area contributed by atoms with Gasteiger partial charge in [0.2, 0.25) is 5.91 Å². The first-order chi connectivity index (χ1) is 15.2. The van der Waals surface area contributed by atoms with Gasteiger partial charge in [0.15, 0.2) is 0 Å². The van der Waals surface area contributed by atoms with Crippen LogP contribution in [0.2, 0.25) is 10.0 Å². The molecule has 0 unspecified atom stereocenters. The number of hydrogen-bond acceptors (Lipinski definition) is 5. The van der Waals surface area contributed by atoms with Gasteiger partial charge >= 0.3 is 0 Å². The standard InChI is InChI=1S/C22H19Cl2N3O3S2/c1-13-4-6-14(7-5-13)11-18-21(30)27(22(31)32-18)10-2-3-19(28)25-26-20(29)16-9-8-15(23)12-17(16)24/h4-9,11-12H,2-3,10H2,1H3,(H,25,28)(H,26,29). The molecule has 3 rings (SSSR count). The van der Waals surface area contributed by atoms with Gasteiger partial charge in [-0.2, -0.15) is 0 Å². The SMILES string of the molecule is Cc1ccc(C=C2SC(=S)N(CCCC(=O)NNC(=O)c3ccc(Cl)cc3Cl)C2=O)cc1. The van der Waals surface area contributed by atoms with Crippen LogP contribution in [0, 0.1) is 6.92 Å². The third kappa shape index (κ3) is 6.32. The van der Waals surface area contributed by atoms with E-state index in [1.807, 2.05) is 37.3 Å². The molecule has 10 heteroatoms. The van der Waals surface area contributed by atoms with Gasteiger partial charge in [-0.15, -0.1) is 0 Å². The van der Waals surface area contributed by atoms with Crippen LogP contribution in [0.3, 0.4) is 0 Å². The topological polar surface area (TPSA) is 78.5 Å². The third-order valence-electron chi connectivity index (χ3n) is 4.53. The number of carbonyl (C=O) groups excluding carboxylic acids is 3. The zero-order valence-electron chi connectivity index (χ0n) is 17.0. The molecule has 1 saturated heterocycles. The molecule has 0 bridgehead atoms. The summed E-state index contributed by atoms with van der Waals surface area (Å²) in [5.41, 5.74) is 6.89. The van der Waals surface area contributed by atoms with E-state index in [1.165, 1.54) is 34.9 Å². The van der Waals surface area contributed by atoms with Crippen LogP contribution >= 0.6 is 47.2 Å². The molecule has 166 valence electrons. The molecule has 2 aromatic rings. The van der Waals surface area contributed by atoms with Crippen molar-refractivity contribution in [2.75, 3.05) is 6.54 Å². The van der Waals surface area contributed by atoms with E-state index in [1.54, 1.807) is 0 Å². The lowest BCUT2D eigenvalue weighted by Crippen LogP contribution is -2.42. The molecule has 2 aromatic carbocycles. The molecule has 0 saturated carbocycles. The summed E-state index contributed by atoms with van der Waals surface area (Å²) < 4.78 is 0.458. The Kier molecular flexibility index (Phi) is 8.31. The van der Waals surface area contributed by atoms with E-state index >= 15 is 0 Å². The Morgan fingerprint density at radius 3 is 2.53 bits per heavy atom. The molecule has 1 heterocycles. The molecule has 0 aromatic heterocycles. The monoisotopic (exact) mass is 507 g/mol. The largest absolute Gasteiger partial charge is 0.293 e. The van der Waals surface area contributed by atoms with Crippen molar-refractivity contribution < 1.29 is 14.4 Å². The number of amides is 3. The normalized spacial score (nSPS) is 14.7. The van der Waals surface area contributed by atoms with E-state index in [4.69, 9.17) is 35.4 Å². The highest BCUT2D eigenvalue weighted by molar-refractivity contribution is 8.26. The smallest absolute Gasteiger partial charge is 0.271 e. The van der Waals surface area contributed by atoms with Gasteiger partial charge in [-0.3, -0.25) is 30.1 Å². The van der Waals surface area contributed by atoms with E-state index in [0.29, 0.717) is 27.2 Å². The summed E-state index contributed by atoms with van der Waals surface area (Å²) in [6.07, 6.45) is 2.29. The third-order valence-corrected chi connectivity index (χ3v) is 6.45. The number of hydrazine groups is 1. The molecule has 2 N–H and O–H groups in total. The van der Waals surface area contributed by atoms with Gasteiger partial charge in [0.1, 0.15) is 4.32 Å². The van der Waals surface area contributed by atoms with Crippen LogP contribution in [0.5, 0.6) is 0 Å². The molecule has 32 heavy (non-hydrogen) atoms. The molecule has 1 aliphatic heterocycles. The van der Waals surface area contributed by atoms with Gasteiger partial charge < -0.3 is 0 Å². The fourth-order valence-electron chi connectivity index (χ4n) is 2.83. The van der Waals surface area contributed by atoms with E-state index in [-0.39, 0.29) is 22.9 Å².